The molecule has 1 aromatic heterocycles. The third-order valence-corrected chi connectivity index (χ3v) is 4.29. The normalized spacial score (nSPS) is 11.9. The van der Waals surface area contributed by atoms with Gasteiger partial charge in [0.05, 0.1) is 0 Å². The van der Waals surface area contributed by atoms with Crippen molar-refractivity contribution in [1.29, 1.82) is 0 Å². The molecule has 2 N–H and O–H groups in total. The Labute approximate surface area is 161 Å². The molecule has 28 heavy (non-hydrogen) atoms. The molecule has 0 radical (unpaired) electrons. The van der Waals surface area contributed by atoms with E-state index in [1.54, 1.807) is 48.7 Å². The first-order chi connectivity index (χ1) is 13.7. The Morgan fingerprint density at radius 1 is 1.04 bits per heavy atom. The van der Waals surface area contributed by atoms with Crippen LogP contribution in [0.5, 0.6) is 11.5 Å². The molecule has 0 bridgehead atoms. The van der Waals surface area contributed by atoms with Crippen LogP contribution in [0, 0.1) is 5.82 Å². The van der Waals surface area contributed by atoms with Crippen molar-refractivity contribution in [3.8, 4) is 11.5 Å². The summed E-state index contributed by atoms with van der Waals surface area (Å²) in [6, 6.07) is 15.0. The van der Waals surface area contributed by atoms with Crippen molar-refractivity contribution in [3.05, 3.63) is 77.7 Å². The van der Waals surface area contributed by atoms with Crippen LogP contribution in [-0.4, -0.2) is 24.2 Å². The Balaban J connectivity index is 1.36. The Bertz CT molecular complexity index is 992. The zero-order valence-electron chi connectivity index (χ0n) is 14.9. The summed E-state index contributed by atoms with van der Waals surface area (Å²) in [5.74, 6) is 1.37. The molecule has 1 aliphatic heterocycles. The largest absolute Gasteiger partial charge is 0.454 e. The van der Waals surface area contributed by atoms with E-state index in [1.807, 2.05) is 0 Å². The zero-order chi connectivity index (χ0) is 19.3. The first kappa shape index (κ1) is 17.8. The smallest absolute Gasteiger partial charge is 0.255 e. The van der Waals surface area contributed by atoms with Gasteiger partial charge in [-0.3, -0.25) is 4.79 Å². The van der Waals surface area contributed by atoms with Gasteiger partial charge in [-0.05, 0) is 48.4 Å². The molecule has 3 aromatic rings. The molecule has 2 heterocycles. The van der Waals surface area contributed by atoms with Crippen molar-refractivity contribution < 1.29 is 18.7 Å². The summed E-state index contributed by atoms with van der Waals surface area (Å²) < 4.78 is 23.5. The maximum absolute atomic E-state index is 12.9. The number of hydrogen-bond donors (Lipinski definition) is 2. The van der Waals surface area contributed by atoms with Gasteiger partial charge in [0.2, 0.25) is 6.79 Å². The summed E-state index contributed by atoms with van der Waals surface area (Å²) in [5.41, 5.74) is 2.12. The van der Waals surface area contributed by atoms with E-state index in [0.29, 0.717) is 35.1 Å². The van der Waals surface area contributed by atoms with E-state index in [4.69, 9.17) is 9.47 Å². The minimum atomic E-state index is -0.250. The molecule has 0 aliphatic carbocycles. The van der Waals surface area contributed by atoms with Gasteiger partial charge < -0.3 is 20.1 Å². The third-order valence-electron chi connectivity index (χ3n) is 4.29. The van der Waals surface area contributed by atoms with E-state index in [1.165, 1.54) is 12.1 Å². The molecule has 2 aromatic carbocycles. The predicted molar refractivity (Wildman–Crippen MR) is 103 cm³/mol. The van der Waals surface area contributed by atoms with Crippen LogP contribution >= 0.6 is 0 Å². The van der Waals surface area contributed by atoms with Gasteiger partial charge in [0.1, 0.15) is 11.6 Å². The lowest BCUT2D eigenvalue weighted by Crippen LogP contribution is -2.13. The molecule has 0 atom stereocenters. The van der Waals surface area contributed by atoms with Crippen LogP contribution in [0.15, 0.2) is 60.8 Å². The standard InChI is InChI=1S/C21H18FN3O3/c22-16-3-1-14(2-4-16)7-9-23-20-11-15(8-10-24-20)21(26)25-17-5-6-18-19(12-17)28-13-27-18/h1-6,8,10-12H,7,9,13H2,(H,23,24)(H,25,26). The second-order valence-corrected chi connectivity index (χ2v) is 6.26. The number of amides is 1. The van der Waals surface area contributed by atoms with E-state index < -0.39 is 0 Å². The first-order valence-electron chi connectivity index (χ1n) is 8.83. The summed E-state index contributed by atoms with van der Waals surface area (Å²) in [6.07, 6.45) is 2.30. The number of pyridine rings is 1. The monoisotopic (exact) mass is 379 g/mol. The molecular weight excluding hydrogens is 361 g/mol. The molecule has 1 aliphatic rings. The Morgan fingerprint density at radius 3 is 2.71 bits per heavy atom. The van der Waals surface area contributed by atoms with Crippen LogP contribution in [0.1, 0.15) is 15.9 Å². The molecule has 0 saturated carbocycles. The van der Waals surface area contributed by atoms with E-state index in [9.17, 15) is 9.18 Å². The number of carbonyl (C=O) groups is 1. The Kier molecular flexibility index (Phi) is 5.05. The molecule has 4 rings (SSSR count). The lowest BCUT2D eigenvalue weighted by atomic mass is 10.1. The summed E-state index contributed by atoms with van der Waals surface area (Å²) in [4.78, 5) is 16.8. The zero-order valence-corrected chi connectivity index (χ0v) is 14.9. The summed E-state index contributed by atoms with van der Waals surface area (Å²) in [5, 5.41) is 6.02. The molecule has 7 heteroatoms. The van der Waals surface area contributed by atoms with Crippen LogP contribution in [0.2, 0.25) is 0 Å². The van der Waals surface area contributed by atoms with Gasteiger partial charge in [-0.15, -0.1) is 0 Å². The van der Waals surface area contributed by atoms with Crippen molar-refractivity contribution in [1.82, 2.24) is 4.98 Å². The second kappa shape index (κ2) is 7.96. The van der Waals surface area contributed by atoms with Crippen LogP contribution in [0.4, 0.5) is 15.9 Å². The molecule has 0 fully saturated rings. The lowest BCUT2D eigenvalue weighted by molar-refractivity contribution is 0.102. The quantitative estimate of drug-likeness (QED) is 0.681. The van der Waals surface area contributed by atoms with Gasteiger partial charge in [0.25, 0.3) is 5.91 Å². The number of rotatable bonds is 6. The predicted octanol–water partition coefficient (Wildman–Crippen LogP) is 3.86. The van der Waals surface area contributed by atoms with Crippen LogP contribution in [-0.2, 0) is 6.42 Å². The average Bonchev–Trinajstić information content (AvgIpc) is 3.18. The van der Waals surface area contributed by atoms with Crippen LogP contribution in [0.25, 0.3) is 0 Å². The third kappa shape index (κ3) is 4.20. The van der Waals surface area contributed by atoms with Gasteiger partial charge in [-0.25, -0.2) is 9.37 Å². The Morgan fingerprint density at radius 2 is 1.86 bits per heavy atom. The van der Waals surface area contributed by atoms with Crippen molar-refractivity contribution in [2.45, 2.75) is 6.42 Å². The number of nitrogens with one attached hydrogen (secondary N) is 2. The molecular formula is C21H18FN3O3. The number of hydrogen-bond acceptors (Lipinski definition) is 5. The summed E-state index contributed by atoms with van der Waals surface area (Å²) >= 11 is 0. The molecule has 1 amide bonds. The van der Waals surface area contributed by atoms with Gasteiger partial charge in [-0.2, -0.15) is 0 Å². The molecule has 0 saturated heterocycles. The fraction of sp³-hybridized carbons (Fsp3) is 0.143. The van der Waals surface area contributed by atoms with Crippen LogP contribution in [0.3, 0.4) is 0 Å². The highest BCUT2D eigenvalue weighted by molar-refractivity contribution is 6.04. The van der Waals surface area contributed by atoms with Crippen molar-refractivity contribution in [3.63, 3.8) is 0 Å². The topological polar surface area (TPSA) is 72.5 Å². The minimum absolute atomic E-state index is 0.185. The number of anilines is 2. The van der Waals surface area contributed by atoms with Crippen molar-refractivity contribution in [2.24, 2.45) is 0 Å². The number of halogens is 1. The minimum Gasteiger partial charge on any atom is -0.454 e. The fourth-order valence-corrected chi connectivity index (χ4v) is 2.83. The summed E-state index contributed by atoms with van der Waals surface area (Å²) in [7, 11) is 0. The molecule has 0 unspecified atom stereocenters. The van der Waals surface area contributed by atoms with Crippen LogP contribution < -0.4 is 20.1 Å². The van der Waals surface area contributed by atoms with E-state index in [0.717, 1.165) is 12.0 Å². The van der Waals surface area contributed by atoms with E-state index in [-0.39, 0.29) is 18.5 Å². The van der Waals surface area contributed by atoms with Gasteiger partial charge in [0, 0.05) is 30.1 Å². The highest BCUT2D eigenvalue weighted by Gasteiger charge is 2.15. The summed E-state index contributed by atoms with van der Waals surface area (Å²) in [6.45, 7) is 0.801. The van der Waals surface area contributed by atoms with Gasteiger partial charge in [0.15, 0.2) is 11.5 Å². The fourth-order valence-electron chi connectivity index (χ4n) is 2.83. The maximum Gasteiger partial charge on any atom is 0.255 e. The molecule has 6 nitrogen and oxygen atoms in total. The second-order valence-electron chi connectivity index (χ2n) is 6.26. The number of nitrogens with zero attached hydrogens (tertiary/aromatic N) is 1. The number of aromatic nitrogens is 1. The highest BCUT2D eigenvalue weighted by atomic mass is 19.1. The lowest BCUT2D eigenvalue weighted by Gasteiger charge is -2.09. The van der Waals surface area contributed by atoms with E-state index in [2.05, 4.69) is 15.6 Å². The number of benzene rings is 2. The van der Waals surface area contributed by atoms with Crippen molar-refractivity contribution >= 4 is 17.4 Å². The number of carbonyl (C=O) groups excluding carboxylic acids is 1. The first-order valence-corrected chi connectivity index (χ1v) is 8.83. The maximum atomic E-state index is 12.9. The molecule has 142 valence electrons. The van der Waals surface area contributed by atoms with Crippen molar-refractivity contribution in [2.75, 3.05) is 24.0 Å². The van der Waals surface area contributed by atoms with E-state index >= 15 is 0 Å². The number of ether oxygens (including phenoxy) is 2. The number of fused-ring (bicyclic) bond motifs is 1. The molecule has 0 spiro atoms. The SMILES string of the molecule is O=C(Nc1ccc2c(c1)OCO2)c1ccnc(NCCc2ccc(F)cc2)c1. The Hall–Kier alpha value is -3.61. The van der Waals surface area contributed by atoms with Gasteiger partial charge in [-0.1, -0.05) is 12.1 Å². The average molecular weight is 379 g/mol. The highest BCUT2D eigenvalue weighted by Crippen LogP contribution is 2.34. The van der Waals surface area contributed by atoms with Gasteiger partial charge >= 0.3 is 0 Å².